The Balaban J connectivity index is 1.59. The second kappa shape index (κ2) is 8.73. The molecule has 0 aliphatic carbocycles. The molecule has 0 saturated heterocycles. The van der Waals surface area contributed by atoms with Crippen molar-refractivity contribution in [2.24, 2.45) is 0 Å². The van der Waals surface area contributed by atoms with Crippen LogP contribution in [0.5, 0.6) is 5.75 Å². The van der Waals surface area contributed by atoms with Crippen molar-refractivity contribution in [1.29, 1.82) is 0 Å². The van der Waals surface area contributed by atoms with E-state index >= 15 is 0 Å². The van der Waals surface area contributed by atoms with E-state index in [1.54, 1.807) is 7.11 Å². The van der Waals surface area contributed by atoms with Gasteiger partial charge in [0.05, 0.1) is 18.6 Å². The van der Waals surface area contributed by atoms with Crippen LogP contribution < -0.4 is 10.1 Å². The molecule has 0 radical (unpaired) electrons. The molecule has 0 bridgehead atoms. The largest absolute Gasteiger partial charge is 0.495 e. The number of carbonyl (C=O) groups is 1. The Morgan fingerprint density at radius 2 is 2.00 bits per heavy atom. The number of aryl methyl sites for hydroxylation is 2. The summed E-state index contributed by atoms with van der Waals surface area (Å²) in [6.07, 6.45) is 0.999. The summed E-state index contributed by atoms with van der Waals surface area (Å²) >= 11 is 1.28. The molecular weight excluding hydrogens is 360 g/mol. The first-order valence-corrected chi connectivity index (χ1v) is 9.66. The normalized spacial score (nSPS) is 10.6. The lowest BCUT2D eigenvalue weighted by molar-refractivity contribution is -0.113. The molecular formula is C20H22N4O2S. The first kappa shape index (κ1) is 19.0. The van der Waals surface area contributed by atoms with Crippen molar-refractivity contribution in [3.05, 3.63) is 53.6 Å². The van der Waals surface area contributed by atoms with E-state index in [1.807, 2.05) is 37.3 Å². The van der Waals surface area contributed by atoms with Crippen LogP contribution in [0.25, 0.3) is 11.4 Å². The van der Waals surface area contributed by atoms with E-state index in [9.17, 15) is 4.79 Å². The lowest BCUT2D eigenvalue weighted by Gasteiger charge is -2.10. The second-order valence-corrected chi connectivity index (χ2v) is 7.00. The van der Waals surface area contributed by atoms with Gasteiger partial charge in [-0.2, -0.15) is 0 Å². The fraction of sp³-hybridized carbons (Fsp3) is 0.250. The fourth-order valence-corrected chi connectivity index (χ4v) is 3.17. The van der Waals surface area contributed by atoms with Crippen molar-refractivity contribution in [2.45, 2.75) is 25.4 Å². The van der Waals surface area contributed by atoms with Gasteiger partial charge in [0, 0.05) is 5.56 Å². The minimum Gasteiger partial charge on any atom is -0.495 e. The van der Waals surface area contributed by atoms with Crippen LogP contribution in [0.4, 0.5) is 5.69 Å². The number of methoxy groups -OCH3 is 1. The molecule has 0 atom stereocenters. The van der Waals surface area contributed by atoms with Crippen molar-refractivity contribution in [1.82, 2.24) is 15.2 Å². The van der Waals surface area contributed by atoms with Gasteiger partial charge in [-0.3, -0.25) is 9.89 Å². The number of nitrogens with zero attached hydrogens (tertiary/aromatic N) is 2. The van der Waals surface area contributed by atoms with Crippen molar-refractivity contribution < 1.29 is 9.53 Å². The summed E-state index contributed by atoms with van der Waals surface area (Å²) < 4.78 is 5.28. The Morgan fingerprint density at radius 3 is 2.70 bits per heavy atom. The number of ether oxygens (including phenoxy) is 1. The Labute approximate surface area is 162 Å². The Bertz CT molecular complexity index is 922. The third kappa shape index (κ3) is 4.89. The van der Waals surface area contributed by atoms with E-state index < -0.39 is 0 Å². The smallest absolute Gasteiger partial charge is 0.234 e. The average molecular weight is 382 g/mol. The molecule has 3 rings (SSSR count). The molecule has 0 saturated carbocycles. The number of amides is 1. The number of aromatic amines is 1. The van der Waals surface area contributed by atoms with E-state index in [1.165, 1.54) is 17.3 Å². The highest BCUT2D eigenvalue weighted by Crippen LogP contribution is 2.26. The highest BCUT2D eigenvalue weighted by atomic mass is 32.2. The summed E-state index contributed by atoms with van der Waals surface area (Å²) in [6.45, 7) is 4.08. The predicted octanol–water partition coefficient (Wildman–Crippen LogP) is 4.08. The van der Waals surface area contributed by atoms with Gasteiger partial charge in [-0.15, -0.1) is 5.10 Å². The maximum Gasteiger partial charge on any atom is 0.234 e. The highest BCUT2D eigenvalue weighted by Gasteiger charge is 2.11. The summed E-state index contributed by atoms with van der Waals surface area (Å²) in [5.74, 6) is 1.40. The van der Waals surface area contributed by atoms with Crippen molar-refractivity contribution in [3.8, 4) is 17.1 Å². The minimum atomic E-state index is -0.137. The Hall–Kier alpha value is -2.80. The number of H-pyrrole nitrogens is 1. The number of anilines is 1. The van der Waals surface area contributed by atoms with Gasteiger partial charge in [0.25, 0.3) is 0 Å². The maximum absolute atomic E-state index is 12.3. The molecule has 7 heteroatoms. The first-order chi connectivity index (χ1) is 13.1. The van der Waals surface area contributed by atoms with Crippen LogP contribution >= 0.6 is 11.8 Å². The lowest BCUT2D eigenvalue weighted by Crippen LogP contribution is -2.15. The molecule has 2 N–H and O–H groups in total. The van der Waals surface area contributed by atoms with Gasteiger partial charge < -0.3 is 10.1 Å². The van der Waals surface area contributed by atoms with Gasteiger partial charge >= 0.3 is 0 Å². The second-order valence-electron chi connectivity index (χ2n) is 6.06. The standard InChI is InChI=1S/C20H22N4O2S/c1-4-14-6-8-15(9-7-14)19-22-20(24-23-19)27-12-18(25)21-16-11-13(2)5-10-17(16)26-3/h5-11H,4,12H2,1-3H3,(H,21,25)(H,22,23,24). The van der Waals surface area contributed by atoms with Crippen LogP contribution in [0.2, 0.25) is 0 Å². The van der Waals surface area contributed by atoms with E-state index in [0.717, 1.165) is 17.5 Å². The van der Waals surface area contributed by atoms with E-state index in [0.29, 0.717) is 22.4 Å². The predicted molar refractivity (Wildman–Crippen MR) is 108 cm³/mol. The van der Waals surface area contributed by atoms with Gasteiger partial charge in [-0.25, -0.2) is 4.98 Å². The third-order valence-electron chi connectivity index (χ3n) is 4.06. The van der Waals surface area contributed by atoms with E-state index in [-0.39, 0.29) is 11.7 Å². The zero-order valence-corrected chi connectivity index (χ0v) is 16.4. The van der Waals surface area contributed by atoms with Gasteiger partial charge in [0.15, 0.2) is 5.82 Å². The lowest BCUT2D eigenvalue weighted by atomic mass is 10.1. The number of hydrogen-bond acceptors (Lipinski definition) is 5. The summed E-state index contributed by atoms with van der Waals surface area (Å²) in [7, 11) is 1.58. The van der Waals surface area contributed by atoms with E-state index in [2.05, 4.69) is 39.6 Å². The molecule has 0 fully saturated rings. The van der Waals surface area contributed by atoms with Gasteiger partial charge in [0.2, 0.25) is 11.1 Å². The van der Waals surface area contributed by atoms with Crippen LogP contribution in [0.3, 0.4) is 0 Å². The number of hydrogen-bond donors (Lipinski definition) is 2. The zero-order valence-electron chi connectivity index (χ0n) is 15.6. The van der Waals surface area contributed by atoms with Crippen LogP contribution in [-0.2, 0) is 11.2 Å². The number of aromatic nitrogens is 3. The quantitative estimate of drug-likeness (QED) is 0.602. The molecule has 140 valence electrons. The van der Waals surface area contributed by atoms with Crippen LogP contribution in [0.15, 0.2) is 47.6 Å². The van der Waals surface area contributed by atoms with Gasteiger partial charge in [-0.1, -0.05) is 49.0 Å². The van der Waals surface area contributed by atoms with Crippen LogP contribution in [0, 0.1) is 6.92 Å². The molecule has 0 aliphatic heterocycles. The number of benzene rings is 2. The molecule has 27 heavy (non-hydrogen) atoms. The van der Waals surface area contributed by atoms with Gasteiger partial charge in [0.1, 0.15) is 5.75 Å². The van der Waals surface area contributed by atoms with Crippen molar-refractivity contribution >= 4 is 23.4 Å². The molecule has 6 nitrogen and oxygen atoms in total. The maximum atomic E-state index is 12.3. The molecule has 1 amide bonds. The number of thioether (sulfide) groups is 1. The summed E-state index contributed by atoms with van der Waals surface area (Å²) in [6, 6.07) is 13.8. The van der Waals surface area contributed by atoms with Crippen LogP contribution in [-0.4, -0.2) is 34.0 Å². The highest BCUT2D eigenvalue weighted by molar-refractivity contribution is 7.99. The Kier molecular flexibility index (Phi) is 6.13. The third-order valence-corrected chi connectivity index (χ3v) is 4.91. The monoisotopic (exact) mass is 382 g/mol. The van der Waals surface area contributed by atoms with Crippen molar-refractivity contribution in [2.75, 3.05) is 18.2 Å². The van der Waals surface area contributed by atoms with Gasteiger partial charge in [-0.05, 0) is 36.6 Å². The SMILES string of the molecule is CCc1ccc(-c2nc(SCC(=O)Nc3cc(C)ccc3OC)n[nH]2)cc1. The van der Waals surface area contributed by atoms with Crippen molar-refractivity contribution in [3.63, 3.8) is 0 Å². The number of carbonyl (C=O) groups excluding carboxylic acids is 1. The van der Waals surface area contributed by atoms with E-state index in [4.69, 9.17) is 4.74 Å². The average Bonchev–Trinajstić information content (AvgIpc) is 3.16. The minimum absolute atomic E-state index is 0.137. The Morgan fingerprint density at radius 1 is 1.22 bits per heavy atom. The molecule has 0 unspecified atom stereocenters. The zero-order chi connectivity index (χ0) is 19.2. The molecule has 2 aromatic carbocycles. The summed E-state index contributed by atoms with van der Waals surface area (Å²) in [4.78, 5) is 16.7. The fourth-order valence-electron chi connectivity index (χ4n) is 2.57. The molecule has 1 aromatic heterocycles. The molecule has 3 aromatic rings. The molecule has 1 heterocycles. The van der Waals surface area contributed by atoms with Crippen LogP contribution in [0.1, 0.15) is 18.1 Å². The molecule has 0 spiro atoms. The topological polar surface area (TPSA) is 79.9 Å². The molecule has 0 aliphatic rings. The first-order valence-electron chi connectivity index (χ1n) is 8.68. The number of rotatable bonds is 7. The number of nitrogens with one attached hydrogen (secondary N) is 2. The summed E-state index contributed by atoms with van der Waals surface area (Å²) in [5, 5.41) is 10.5. The summed E-state index contributed by atoms with van der Waals surface area (Å²) in [5.41, 5.74) is 3.96.